The number of thiophene rings is 1. The quantitative estimate of drug-likeness (QED) is 0.263. The van der Waals surface area contributed by atoms with Crippen LogP contribution >= 0.6 is 11.3 Å². The van der Waals surface area contributed by atoms with Crippen molar-refractivity contribution in [1.82, 2.24) is 29.9 Å². The van der Waals surface area contributed by atoms with E-state index in [0.29, 0.717) is 23.1 Å². The van der Waals surface area contributed by atoms with Crippen molar-refractivity contribution in [2.75, 3.05) is 10.6 Å². The molecule has 35 heavy (non-hydrogen) atoms. The van der Waals surface area contributed by atoms with Crippen molar-refractivity contribution < 1.29 is 13.2 Å². The number of hydrogen-bond donors (Lipinski definition) is 3. The van der Waals surface area contributed by atoms with E-state index in [1.165, 1.54) is 11.3 Å². The fraction of sp³-hybridized carbons (Fsp3) is 0.0435. The van der Waals surface area contributed by atoms with Crippen LogP contribution in [0.1, 0.15) is 5.69 Å². The maximum absolute atomic E-state index is 13.2. The standard InChI is InChI=1S/C23H15F3N8S/c24-23(25,26)19-7-9-28-34(19)16-4-1-14(2-5-16)30-22-31-18-8-10-35-20(18)21(32-22)29-15-3-6-17-13(11-15)12-27-33-17/h1-12H,(H,27,33)(H2,29,30,31,32). The topological polar surface area (TPSA) is 96.3 Å². The summed E-state index contributed by atoms with van der Waals surface area (Å²) >= 11 is 1.52. The second-order valence-corrected chi connectivity index (χ2v) is 8.54. The van der Waals surface area contributed by atoms with Crippen molar-refractivity contribution in [2.24, 2.45) is 0 Å². The molecule has 0 amide bonds. The third kappa shape index (κ3) is 4.04. The van der Waals surface area contributed by atoms with Gasteiger partial charge in [0.15, 0.2) is 5.82 Å². The van der Waals surface area contributed by atoms with Crippen molar-refractivity contribution >= 4 is 55.6 Å². The maximum Gasteiger partial charge on any atom is 0.433 e. The molecule has 4 aromatic heterocycles. The number of alkyl halides is 3. The van der Waals surface area contributed by atoms with Crippen LogP contribution in [-0.4, -0.2) is 29.9 Å². The molecule has 174 valence electrons. The predicted octanol–water partition coefficient (Wildman–Crippen LogP) is 6.26. The zero-order chi connectivity index (χ0) is 24.0. The molecule has 0 saturated heterocycles. The lowest BCUT2D eigenvalue weighted by molar-refractivity contribution is -0.142. The van der Waals surface area contributed by atoms with Gasteiger partial charge in [-0.25, -0.2) is 9.67 Å². The SMILES string of the molecule is FC(F)(F)c1ccnn1-c1ccc(Nc2nc(Nc3ccc4[nH]ncc4c3)c3sccc3n2)cc1. The molecule has 2 aromatic carbocycles. The number of aromatic amines is 1. The van der Waals surface area contributed by atoms with Crippen LogP contribution in [0.25, 0.3) is 26.8 Å². The zero-order valence-corrected chi connectivity index (χ0v) is 18.5. The molecule has 0 bridgehead atoms. The number of rotatable bonds is 5. The number of anilines is 4. The molecular weight excluding hydrogens is 477 g/mol. The smallest absolute Gasteiger partial charge is 0.339 e. The molecule has 4 heterocycles. The summed E-state index contributed by atoms with van der Waals surface area (Å²) in [6.07, 6.45) is -1.63. The molecule has 8 nitrogen and oxygen atoms in total. The molecule has 6 rings (SSSR count). The van der Waals surface area contributed by atoms with E-state index in [0.717, 1.165) is 43.8 Å². The molecular formula is C23H15F3N8S. The number of hydrogen-bond acceptors (Lipinski definition) is 7. The van der Waals surface area contributed by atoms with E-state index in [-0.39, 0.29) is 0 Å². The summed E-state index contributed by atoms with van der Waals surface area (Å²) < 4.78 is 41.3. The van der Waals surface area contributed by atoms with Crippen molar-refractivity contribution in [3.05, 3.63) is 78.1 Å². The van der Waals surface area contributed by atoms with Crippen LogP contribution in [0.4, 0.5) is 36.3 Å². The minimum atomic E-state index is -4.50. The predicted molar refractivity (Wildman–Crippen MR) is 129 cm³/mol. The van der Waals surface area contributed by atoms with Gasteiger partial charge in [-0.2, -0.15) is 28.4 Å². The Hall–Kier alpha value is -4.45. The van der Waals surface area contributed by atoms with Crippen molar-refractivity contribution in [1.29, 1.82) is 0 Å². The average Bonchev–Trinajstić information content (AvgIpc) is 3.59. The Labute approximate surface area is 199 Å². The van der Waals surface area contributed by atoms with Gasteiger partial charge in [-0.3, -0.25) is 5.10 Å². The van der Waals surface area contributed by atoms with E-state index in [4.69, 9.17) is 0 Å². The minimum Gasteiger partial charge on any atom is -0.339 e. The van der Waals surface area contributed by atoms with Crippen molar-refractivity contribution in [2.45, 2.75) is 6.18 Å². The highest BCUT2D eigenvalue weighted by Gasteiger charge is 2.35. The van der Waals surface area contributed by atoms with Gasteiger partial charge in [0.1, 0.15) is 5.69 Å². The largest absolute Gasteiger partial charge is 0.433 e. The van der Waals surface area contributed by atoms with E-state index >= 15 is 0 Å². The summed E-state index contributed by atoms with van der Waals surface area (Å²) in [7, 11) is 0. The third-order valence-corrected chi connectivity index (χ3v) is 6.22. The van der Waals surface area contributed by atoms with Crippen LogP contribution in [0.5, 0.6) is 0 Å². The second-order valence-electron chi connectivity index (χ2n) is 7.63. The molecule has 0 aliphatic carbocycles. The summed E-state index contributed by atoms with van der Waals surface area (Å²) in [5, 5.41) is 20.1. The lowest BCUT2D eigenvalue weighted by Gasteiger charge is -2.12. The van der Waals surface area contributed by atoms with Gasteiger partial charge in [0.25, 0.3) is 0 Å². The third-order valence-electron chi connectivity index (χ3n) is 5.31. The summed E-state index contributed by atoms with van der Waals surface area (Å²) in [5.74, 6) is 0.990. The van der Waals surface area contributed by atoms with Crippen molar-refractivity contribution in [3.8, 4) is 5.69 Å². The lowest BCUT2D eigenvalue weighted by Crippen LogP contribution is -2.13. The Morgan fingerprint density at radius 3 is 2.57 bits per heavy atom. The van der Waals surface area contributed by atoms with E-state index in [1.54, 1.807) is 30.5 Å². The fourth-order valence-electron chi connectivity index (χ4n) is 3.70. The molecule has 6 aromatic rings. The number of fused-ring (bicyclic) bond motifs is 2. The van der Waals surface area contributed by atoms with Crippen LogP contribution in [0.2, 0.25) is 0 Å². The summed E-state index contributed by atoms with van der Waals surface area (Å²) in [6, 6.07) is 15.1. The van der Waals surface area contributed by atoms with E-state index in [9.17, 15) is 13.2 Å². The van der Waals surface area contributed by atoms with Crippen LogP contribution in [0.3, 0.4) is 0 Å². The Kier molecular flexibility index (Phi) is 4.88. The highest BCUT2D eigenvalue weighted by molar-refractivity contribution is 7.17. The Morgan fingerprint density at radius 2 is 1.74 bits per heavy atom. The molecule has 0 radical (unpaired) electrons. The molecule has 0 fully saturated rings. The Morgan fingerprint density at radius 1 is 0.914 bits per heavy atom. The van der Waals surface area contributed by atoms with Crippen LogP contribution in [0.15, 0.2) is 72.4 Å². The van der Waals surface area contributed by atoms with Gasteiger partial charge in [-0.05, 0) is 60.0 Å². The number of nitrogens with one attached hydrogen (secondary N) is 3. The van der Waals surface area contributed by atoms with Gasteiger partial charge in [0, 0.05) is 16.8 Å². The van der Waals surface area contributed by atoms with E-state index in [2.05, 4.69) is 35.9 Å². The number of aromatic nitrogens is 6. The summed E-state index contributed by atoms with van der Waals surface area (Å²) in [6.45, 7) is 0. The Balaban J connectivity index is 1.28. The summed E-state index contributed by atoms with van der Waals surface area (Å²) in [5.41, 5.74) is 2.62. The minimum absolute atomic E-state index is 0.291. The van der Waals surface area contributed by atoms with E-state index < -0.39 is 11.9 Å². The molecule has 0 spiro atoms. The highest BCUT2D eigenvalue weighted by Crippen LogP contribution is 2.32. The molecule has 0 atom stereocenters. The lowest BCUT2D eigenvalue weighted by atomic mass is 10.2. The number of H-pyrrole nitrogens is 1. The number of halogens is 3. The van der Waals surface area contributed by atoms with Crippen LogP contribution in [0, 0.1) is 0 Å². The van der Waals surface area contributed by atoms with Crippen LogP contribution in [-0.2, 0) is 6.18 Å². The van der Waals surface area contributed by atoms with Gasteiger partial charge in [-0.15, -0.1) is 11.3 Å². The molecule has 3 N–H and O–H groups in total. The van der Waals surface area contributed by atoms with Crippen LogP contribution < -0.4 is 10.6 Å². The first kappa shape index (κ1) is 21.1. The number of nitrogens with zero attached hydrogens (tertiary/aromatic N) is 5. The fourth-order valence-corrected chi connectivity index (χ4v) is 4.48. The molecule has 0 saturated carbocycles. The van der Waals surface area contributed by atoms with Gasteiger partial charge in [-0.1, -0.05) is 0 Å². The van der Waals surface area contributed by atoms with Gasteiger partial charge in [0.2, 0.25) is 5.95 Å². The molecule has 0 unspecified atom stereocenters. The first-order valence-electron chi connectivity index (χ1n) is 10.4. The van der Waals surface area contributed by atoms with Gasteiger partial charge >= 0.3 is 6.18 Å². The molecule has 0 aliphatic rings. The second kappa shape index (κ2) is 8.09. The first-order chi connectivity index (χ1) is 16.9. The average molecular weight is 492 g/mol. The maximum atomic E-state index is 13.2. The first-order valence-corrected chi connectivity index (χ1v) is 11.3. The van der Waals surface area contributed by atoms with E-state index in [1.807, 2.05) is 29.6 Å². The normalized spacial score (nSPS) is 11.9. The number of benzene rings is 2. The molecule has 12 heteroatoms. The van der Waals surface area contributed by atoms with Gasteiger partial charge < -0.3 is 10.6 Å². The molecule has 0 aliphatic heterocycles. The Bertz CT molecular complexity index is 1650. The summed E-state index contributed by atoms with van der Waals surface area (Å²) in [4.78, 5) is 9.20. The monoisotopic (exact) mass is 492 g/mol. The van der Waals surface area contributed by atoms with Gasteiger partial charge in [0.05, 0.1) is 33.8 Å². The zero-order valence-electron chi connectivity index (χ0n) is 17.7. The highest BCUT2D eigenvalue weighted by atomic mass is 32.1. The van der Waals surface area contributed by atoms with Crippen molar-refractivity contribution in [3.63, 3.8) is 0 Å².